The van der Waals surface area contributed by atoms with Gasteiger partial charge in [-0.2, -0.15) is 0 Å². The fraction of sp³-hybridized carbons (Fsp3) is 0.250. The van der Waals surface area contributed by atoms with Crippen LogP contribution in [0.5, 0.6) is 11.5 Å². The van der Waals surface area contributed by atoms with Gasteiger partial charge in [-0.25, -0.2) is 0 Å². The maximum absolute atomic E-state index is 11.0. The van der Waals surface area contributed by atoms with Gasteiger partial charge in [-0.3, -0.25) is 4.79 Å². The second kappa shape index (κ2) is 3.41. The third-order valence-electron chi connectivity index (χ3n) is 2.96. The highest BCUT2D eigenvalue weighted by Gasteiger charge is 2.18. The van der Waals surface area contributed by atoms with E-state index in [0.29, 0.717) is 5.75 Å². The number of carbonyl (C=O) groups excluding carboxylic acids is 1. The Morgan fingerprint density at radius 1 is 1.41 bits per heavy atom. The van der Waals surface area contributed by atoms with E-state index in [1.807, 2.05) is 19.1 Å². The van der Waals surface area contributed by atoms with E-state index < -0.39 is 0 Å². The number of nitrogens with two attached hydrogens (primary N) is 1. The number of primary amides is 1. The molecule has 0 bridgehead atoms. The van der Waals surface area contributed by atoms with Crippen molar-refractivity contribution in [2.75, 3.05) is 6.79 Å². The van der Waals surface area contributed by atoms with E-state index in [-0.39, 0.29) is 19.1 Å². The molecule has 1 aromatic carbocycles. The number of aryl methyl sites for hydroxylation is 1. The van der Waals surface area contributed by atoms with Gasteiger partial charge in [-0.1, -0.05) is 0 Å². The predicted molar refractivity (Wildman–Crippen MR) is 62.1 cm³/mol. The molecule has 2 aromatic rings. The van der Waals surface area contributed by atoms with Crippen LogP contribution in [0, 0.1) is 6.92 Å². The van der Waals surface area contributed by atoms with E-state index in [2.05, 4.69) is 4.98 Å². The lowest BCUT2D eigenvalue weighted by atomic mass is 10.1. The molecule has 0 spiro atoms. The molecular formula is C12H12N2O3. The second-order valence-electron chi connectivity index (χ2n) is 4.12. The van der Waals surface area contributed by atoms with Gasteiger partial charge in [0.05, 0.1) is 6.42 Å². The van der Waals surface area contributed by atoms with Crippen molar-refractivity contribution in [1.29, 1.82) is 0 Å². The summed E-state index contributed by atoms with van der Waals surface area (Å²) in [5.74, 6) is 1.10. The SMILES string of the molecule is Cc1[nH]c2cc3c(cc2c1CC(N)=O)OCO3. The smallest absolute Gasteiger partial charge is 0.231 e. The molecule has 2 heterocycles. The van der Waals surface area contributed by atoms with Crippen LogP contribution in [0.2, 0.25) is 0 Å². The molecule has 3 rings (SSSR count). The van der Waals surface area contributed by atoms with Gasteiger partial charge in [0.2, 0.25) is 12.7 Å². The van der Waals surface area contributed by atoms with Crippen LogP contribution in [-0.4, -0.2) is 17.7 Å². The van der Waals surface area contributed by atoms with Crippen molar-refractivity contribution < 1.29 is 14.3 Å². The third kappa shape index (κ3) is 1.51. The summed E-state index contributed by atoms with van der Waals surface area (Å²) in [6.45, 7) is 2.16. The number of amides is 1. The Morgan fingerprint density at radius 3 is 2.82 bits per heavy atom. The molecule has 1 amide bonds. The monoisotopic (exact) mass is 232 g/mol. The Bertz CT molecular complexity index is 616. The zero-order chi connectivity index (χ0) is 12.0. The number of aromatic nitrogens is 1. The number of aromatic amines is 1. The molecule has 1 aliphatic heterocycles. The second-order valence-corrected chi connectivity index (χ2v) is 4.12. The summed E-state index contributed by atoms with van der Waals surface area (Å²) < 4.78 is 10.6. The van der Waals surface area contributed by atoms with Gasteiger partial charge in [-0.05, 0) is 18.6 Å². The number of benzene rings is 1. The molecule has 0 atom stereocenters. The Hall–Kier alpha value is -2.17. The zero-order valence-corrected chi connectivity index (χ0v) is 9.37. The van der Waals surface area contributed by atoms with Crippen LogP contribution in [0.3, 0.4) is 0 Å². The van der Waals surface area contributed by atoms with Crippen LogP contribution in [-0.2, 0) is 11.2 Å². The van der Waals surface area contributed by atoms with Crippen LogP contribution in [0.15, 0.2) is 12.1 Å². The van der Waals surface area contributed by atoms with Gasteiger partial charge in [0.1, 0.15) is 0 Å². The largest absolute Gasteiger partial charge is 0.454 e. The molecule has 0 aliphatic carbocycles. The van der Waals surface area contributed by atoms with Crippen molar-refractivity contribution in [1.82, 2.24) is 4.98 Å². The van der Waals surface area contributed by atoms with Crippen molar-refractivity contribution in [3.05, 3.63) is 23.4 Å². The summed E-state index contributed by atoms with van der Waals surface area (Å²) in [6, 6.07) is 3.77. The Morgan fingerprint density at radius 2 is 2.12 bits per heavy atom. The predicted octanol–water partition coefficient (Wildman–Crippen LogP) is 1.23. The van der Waals surface area contributed by atoms with Crippen molar-refractivity contribution in [3.8, 4) is 11.5 Å². The highest BCUT2D eigenvalue weighted by molar-refractivity contribution is 5.91. The number of rotatable bonds is 2. The molecular weight excluding hydrogens is 220 g/mol. The lowest BCUT2D eigenvalue weighted by molar-refractivity contribution is -0.117. The summed E-state index contributed by atoms with van der Waals surface area (Å²) in [6.07, 6.45) is 0.228. The van der Waals surface area contributed by atoms with Gasteiger partial charge >= 0.3 is 0 Å². The summed E-state index contributed by atoms with van der Waals surface area (Å²) in [5.41, 5.74) is 8.05. The number of ether oxygens (including phenoxy) is 2. The van der Waals surface area contributed by atoms with E-state index in [9.17, 15) is 4.79 Å². The topological polar surface area (TPSA) is 77.3 Å². The first-order valence-electron chi connectivity index (χ1n) is 5.34. The summed E-state index contributed by atoms with van der Waals surface area (Å²) in [5, 5.41) is 0.963. The first kappa shape index (κ1) is 10.0. The van der Waals surface area contributed by atoms with Crippen LogP contribution in [0.25, 0.3) is 10.9 Å². The van der Waals surface area contributed by atoms with Gasteiger partial charge < -0.3 is 20.2 Å². The van der Waals surface area contributed by atoms with Crippen molar-refractivity contribution in [2.24, 2.45) is 5.73 Å². The minimum atomic E-state index is -0.341. The molecule has 0 fully saturated rings. The quantitative estimate of drug-likeness (QED) is 0.817. The fourth-order valence-corrected chi connectivity index (χ4v) is 2.18. The van der Waals surface area contributed by atoms with Gasteiger partial charge in [0, 0.05) is 22.7 Å². The standard InChI is InChI=1S/C12H12N2O3/c1-6-7(3-12(13)15)8-2-10-11(17-5-16-10)4-9(8)14-6/h2,4,14H,3,5H2,1H3,(H2,13,15). The molecule has 5 nitrogen and oxygen atoms in total. The highest BCUT2D eigenvalue weighted by Crippen LogP contribution is 2.37. The van der Waals surface area contributed by atoms with E-state index in [1.165, 1.54) is 0 Å². The Labute approximate surface area is 97.5 Å². The molecule has 0 saturated heterocycles. The lowest BCUT2D eigenvalue weighted by Gasteiger charge is -1.99. The van der Waals surface area contributed by atoms with Crippen LogP contribution in [0.4, 0.5) is 0 Å². The molecule has 1 aliphatic rings. The Kier molecular flexibility index (Phi) is 2.01. The summed E-state index contributed by atoms with van der Waals surface area (Å²) in [4.78, 5) is 14.3. The number of nitrogens with one attached hydrogen (secondary N) is 1. The number of hydrogen-bond donors (Lipinski definition) is 2. The van der Waals surface area contributed by atoms with Crippen molar-refractivity contribution >= 4 is 16.8 Å². The number of H-pyrrole nitrogens is 1. The molecule has 88 valence electrons. The highest BCUT2D eigenvalue weighted by atomic mass is 16.7. The fourth-order valence-electron chi connectivity index (χ4n) is 2.18. The van der Waals surface area contributed by atoms with Gasteiger partial charge in [-0.15, -0.1) is 0 Å². The molecule has 5 heteroatoms. The molecule has 3 N–H and O–H groups in total. The van der Waals surface area contributed by atoms with Crippen LogP contribution >= 0.6 is 0 Å². The normalized spacial score (nSPS) is 13.2. The molecule has 0 unspecified atom stereocenters. The first-order valence-corrected chi connectivity index (χ1v) is 5.34. The van der Waals surface area contributed by atoms with Crippen LogP contribution < -0.4 is 15.2 Å². The first-order chi connectivity index (χ1) is 8.15. The maximum atomic E-state index is 11.0. The zero-order valence-electron chi connectivity index (χ0n) is 9.37. The number of hydrogen-bond acceptors (Lipinski definition) is 3. The minimum Gasteiger partial charge on any atom is -0.454 e. The molecule has 0 radical (unpaired) electrons. The van der Waals surface area contributed by atoms with Gasteiger partial charge in [0.15, 0.2) is 11.5 Å². The van der Waals surface area contributed by atoms with Crippen LogP contribution in [0.1, 0.15) is 11.3 Å². The van der Waals surface area contributed by atoms with E-state index in [1.54, 1.807) is 0 Å². The van der Waals surface area contributed by atoms with E-state index in [0.717, 1.165) is 27.9 Å². The number of fused-ring (bicyclic) bond motifs is 2. The van der Waals surface area contributed by atoms with E-state index >= 15 is 0 Å². The maximum Gasteiger partial charge on any atom is 0.231 e. The van der Waals surface area contributed by atoms with Crippen molar-refractivity contribution in [2.45, 2.75) is 13.3 Å². The molecule has 0 saturated carbocycles. The van der Waals surface area contributed by atoms with Gasteiger partial charge in [0.25, 0.3) is 0 Å². The third-order valence-corrected chi connectivity index (χ3v) is 2.96. The molecule has 1 aromatic heterocycles. The van der Waals surface area contributed by atoms with Crippen molar-refractivity contribution in [3.63, 3.8) is 0 Å². The number of carbonyl (C=O) groups is 1. The summed E-state index contributed by atoms with van der Waals surface area (Å²) >= 11 is 0. The van der Waals surface area contributed by atoms with E-state index in [4.69, 9.17) is 15.2 Å². The summed E-state index contributed by atoms with van der Waals surface area (Å²) in [7, 11) is 0. The molecule has 17 heavy (non-hydrogen) atoms. The average molecular weight is 232 g/mol. The lowest BCUT2D eigenvalue weighted by Crippen LogP contribution is -2.13. The average Bonchev–Trinajstić information content (AvgIpc) is 2.81. The Balaban J connectivity index is 2.21. The minimum absolute atomic E-state index is 0.228.